The van der Waals surface area contributed by atoms with Crippen LogP contribution in [0.15, 0.2) is 42.5 Å². The van der Waals surface area contributed by atoms with Crippen molar-refractivity contribution in [3.63, 3.8) is 0 Å². The van der Waals surface area contributed by atoms with Crippen LogP contribution in [0.4, 0.5) is 22.7 Å². The van der Waals surface area contributed by atoms with E-state index in [1.54, 1.807) is 24.3 Å². The molecular formula is C22H24N4O4. The molecule has 2 heterocycles. The molecule has 2 aliphatic heterocycles. The largest absolute Gasteiger partial charge is 0.452 e. The van der Waals surface area contributed by atoms with Crippen molar-refractivity contribution in [1.82, 2.24) is 0 Å². The summed E-state index contributed by atoms with van der Waals surface area (Å²) in [6.45, 7) is 0.427. The van der Waals surface area contributed by atoms with Gasteiger partial charge in [-0.3, -0.25) is 9.59 Å². The van der Waals surface area contributed by atoms with Crippen molar-refractivity contribution in [1.29, 1.82) is 0 Å². The Labute approximate surface area is 174 Å². The lowest BCUT2D eigenvalue weighted by atomic mass is 10.1. The van der Waals surface area contributed by atoms with Crippen LogP contribution in [0.2, 0.25) is 0 Å². The van der Waals surface area contributed by atoms with Gasteiger partial charge >= 0.3 is 5.97 Å². The van der Waals surface area contributed by atoms with E-state index < -0.39 is 18.5 Å². The zero-order chi connectivity index (χ0) is 21.3. The first-order valence-corrected chi connectivity index (χ1v) is 9.88. The second-order valence-electron chi connectivity index (χ2n) is 7.64. The van der Waals surface area contributed by atoms with Gasteiger partial charge in [0.2, 0.25) is 5.91 Å². The number of hydrogen-bond donors (Lipinski definition) is 2. The summed E-state index contributed by atoms with van der Waals surface area (Å²) in [5.74, 6) is -1.09. The van der Waals surface area contributed by atoms with Crippen LogP contribution in [0.1, 0.15) is 23.2 Å². The van der Waals surface area contributed by atoms with Crippen molar-refractivity contribution in [3.05, 3.63) is 48.0 Å². The summed E-state index contributed by atoms with van der Waals surface area (Å²) in [6, 6.07) is 12.3. The van der Waals surface area contributed by atoms with E-state index in [2.05, 4.69) is 15.5 Å². The minimum atomic E-state index is -0.617. The molecule has 0 radical (unpaired) electrons. The highest BCUT2D eigenvalue weighted by Gasteiger charge is 2.36. The van der Waals surface area contributed by atoms with Crippen LogP contribution in [0.5, 0.6) is 0 Å². The first-order valence-electron chi connectivity index (χ1n) is 9.88. The van der Waals surface area contributed by atoms with Gasteiger partial charge in [0.05, 0.1) is 16.9 Å². The molecule has 0 aliphatic carbocycles. The molecule has 0 aromatic heterocycles. The van der Waals surface area contributed by atoms with Crippen molar-refractivity contribution < 1.29 is 19.1 Å². The molecule has 156 valence electrons. The smallest absolute Gasteiger partial charge is 0.338 e. The van der Waals surface area contributed by atoms with E-state index in [0.29, 0.717) is 11.4 Å². The number of fused-ring (bicyclic) bond motifs is 3. The maximum Gasteiger partial charge on any atom is 0.338 e. The molecule has 0 spiro atoms. The number of esters is 1. The fraction of sp³-hybridized carbons (Fsp3) is 0.318. The maximum absolute atomic E-state index is 12.4. The van der Waals surface area contributed by atoms with Gasteiger partial charge in [0.15, 0.2) is 6.61 Å². The average Bonchev–Trinajstić information content (AvgIpc) is 3.23. The Morgan fingerprint density at radius 3 is 2.70 bits per heavy atom. The number of nitrogens with zero attached hydrogens (tertiary/aromatic N) is 2. The van der Waals surface area contributed by atoms with Crippen molar-refractivity contribution in [2.75, 3.05) is 47.7 Å². The van der Waals surface area contributed by atoms with Crippen LogP contribution in [-0.4, -0.2) is 51.1 Å². The maximum atomic E-state index is 12.4. The van der Waals surface area contributed by atoms with E-state index in [9.17, 15) is 14.4 Å². The molecule has 1 saturated heterocycles. The molecule has 2 aromatic rings. The number of carbonyl (C=O) groups is 3. The molecule has 0 bridgehead atoms. The minimum absolute atomic E-state index is 0.0508. The van der Waals surface area contributed by atoms with Gasteiger partial charge in [-0.15, -0.1) is 0 Å². The third-order valence-corrected chi connectivity index (χ3v) is 5.36. The Kier molecular flexibility index (Phi) is 5.31. The number of ether oxygens (including phenoxy) is 1. The third-order valence-electron chi connectivity index (χ3n) is 5.36. The number of benzene rings is 2. The van der Waals surface area contributed by atoms with Gasteiger partial charge in [-0.1, -0.05) is 0 Å². The van der Waals surface area contributed by atoms with E-state index in [0.717, 1.165) is 30.8 Å². The normalized spacial score (nSPS) is 16.9. The highest BCUT2D eigenvalue weighted by molar-refractivity contribution is 6.05. The second kappa shape index (κ2) is 8.06. The predicted octanol–water partition coefficient (Wildman–Crippen LogP) is 2.47. The Morgan fingerprint density at radius 1 is 1.20 bits per heavy atom. The lowest BCUT2D eigenvalue weighted by Crippen LogP contribution is -2.43. The van der Waals surface area contributed by atoms with E-state index in [4.69, 9.17) is 4.74 Å². The average molecular weight is 408 g/mol. The minimum Gasteiger partial charge on any atom is -0.452 e. The second-order valence-corrected chi connectivity index (χ2v) is 7.64. The van der Waals surface area contributed by atoms with Crippen LogP contribution in [-0.2, 0) is 14.3 Å². The molecule has 2 N–H and O–H groups in total. The fourth-order valence-corrected chi connectivity index (χ4v) is 3.81. The van der Waals surface area contributed by atoms with E-state index in [-0.39, 0.29) is 17.5 Å². The zero-order valence-electron chi connectivity index (χ0n) is 17.0. The first-order chi connectivity index (χ1) is 14.4. The van der Waals surface area contributed by atoms with Crippen molar-refractivity contribution >= 4 is 40.5 Å². The zero-order valence-corrected chi connectivity index (χ0v) is 17.0. The molecule has 0 unspecified atom stereocenters. The topological polar surface area (TPSA) is 91.0 Å². The van der Waals surface area contributed by atoms with Crippen LogP contribution < -0.4 is 20.4 Å². The highest BCUT2D eigenvalue weighted by Crippen LogP contribution is 2.37. The molecule has 1 fully saturated rings. The number of carbonyl (C=O) groups excluding carboxylic acids is 3. The Morgan fingerprint density at radius 2 is 1.97 bits per heavy atom. The summed E-state index contributed by atoms with van der Waals surface area (Å²) in [5.41, 5.74) is 3.43. The van der Waals surface area contributed by atoms with Crippen molar-refractivity contribution in [3.8, 4) is 0 Å². The van der Waals surface area contributed by atoms with Crippen LogP contribution in [0, 0.1) is 0 Å². The lowest BCUT2D eigenvalue weighted by molar-refractivity contribution is -0.119. The predicted molar refractivity (Wildman–Crippen MR) is 115 cm³/mol. The summed E-state index contributed by atoms with van der Waals surface area (Å²) in [7, 11) is 3.87. The Hall–Kier alpha value is -3.55. The molecule has 2 aromatic carbocycles. The summed E-state index contributed by atoms with van der Waals surface area (Å²) < 4.78 is 5.14. The summed E-state index contributed by atoms with van der Waals surface area (Å²) >= 11 is 0. The fourth-order valence-electron chi connectivity index (χ4n) is 3.81. The summed E-state index contributed by atoms with van der Waals surface area (Å²) in [6.07, 6.45) is 1.80. The van der Waals surface area contributed by atoms with Crippen LogP contribution in [0.3, 0.4) is 0 Å². The first kappa shape index (κ1) is 19.8. The molecule has 30 heavy (non-hydrogen) atoms. The number of hydrogen-bond acceptors (Lipinski definition) is 6. The quantitative estimate of drug-likeness (QED) is 0.739. The van der Waals surface area contributed by atoms with Crippen molar-refractivity contribution in [2.24, 2.45) is 0 Å². The van der Waals surface area contributed by atoms with Gasteiger partial charge in [0.1, 0.15) is 6.04 Å². The standard InChI is InChI=1S/C22H24N4O4/c1-25(2)16-8-6-15(7-9-16)23-20(27)13-30-22(29)14-5-10-18-17(12-14)24-21(28)19-4-3-11-26(18)19/h5-10,12,19H,3-4,11,13H2,1-2H3,(H,23,27)(H,24,28)/t19-/m1/s1. The lowest BCUT2D eigenvalue weighted by Gasteiger charge is -2.33. The van der Waals surface area contributed by atoms with Crippen molar-refractivity contribution in [2.45, 2.75) is 18.9 Å². The van der Waals surface area contributed by atoms with Gasteiger partial charge in [0.25, 0.3) is 5.91 Å². The van der Waals surface area contributed by atoms with E-state index >= 15 is 0 Å². The van der Waals surface area contributed by atoms with Gasteiger partial charge < -0.3 is 25.2 Å². The van der Waals surface area contributed by atoms with Crippen LogP contribution in [0.25, 0.3) is 0 Å². The van der Waals surface area contributed by atoms with Crippen LogP contribution >= 0.6 is 0 Å². The van der Waals surface area contributed by atoms with E-state index in [1.807, 2.05) is 37.2 Å². The van der Waals surface area contributed by atoms with Gasteiger partial charge in [-0.2, -0.15) is 0 Å². The molecule has 1 atom stereocenters. The van der Waals surface area contributed by atoms with Gasteiger partial charge in [-0.25, -0.2) is 4.79 Å². The molecule has 0 saturated carbocycles. The molecule has 8 nitrogen and oxygen atoms in total. The highest BCUT2D eigenvalue weighted by atomic mass is 16.5. The molecule has 2 amide bonds. The number of anilines is 4. The van der Waals surface area contributed by atoms with Gasteiger partial charge in [-0.05, 0) is 55.3 Å². The number of amides is 2. The van der Waals surface area contributed by atoms with Gasteiger partial charge in [0, 0.05) is 32.0 Å². The molecule has 2 aliphatic rings. The molecule has 4 rings (SSSR count). The monoisotopic (exact) mass is 408 g/mol. The number of nitrogens with one attached hydrogen (secondary N) is 2. The SMILES string of the molecule is CN(C)c1ccc(NC(=O)COC(=O)c2ccc3c(c2)NC(=O)[C@H]2CCCN32)cc1. The molecule has 8 heteroatoms. The van der Waals surface area contributed by atoms with E-state index in [1.165, 1.54) is 0 Å². The third kappa shape index (κ3) is 3.94. The summed E-state index contributed by atoms with van der Waals surface area (Å²) in [4.78, 5) is 40.8. The number of rotatable bonds is 5. The Bertz CT molecular complexity index is 987. The Balaban J connectivity index is 1.36. The molecular weight excluding hydrogens is 384 g/mol. The summed E-state index contributed by atoms with van der Waals surface area (Å²) in [5, 5.41) is 5.56.